The maximum absolute atomic E-state index is 12.8. The lowest BCUT2D eigenvalue weighted by Gasteiger charge is -2.26. The molecule has 1 aromatic heterocycles. The zero-order valence-corrected chi connectivity index (χ0v) is 21.5. The zero-order chi connectivity index (χ0) is 26.9. The van der Waals surface area contributed by atoms with Gasteiger partial charge in [0.15, 0.2) is 12.3 Å². The normalized spacial score (nSPS) is 13.2. The predicted molar refractivity (Wildman–Crippen MR) is 143 cm³/mol. The lowest BCUT2D eigenvalue weighted by atomic mass is 10.1. The highest BCUT2D eigenvalue weighted by atomic mass is 16.5. The Balaban J connectivity index is 1.39. The Morgan fingerprint density at radius 2 is 1.76 bits per heavy atom. The molecule has 1 saturated heterocycles. The highest BCUT2D eigenvalue weighted by Gasteiger charge is 2.20. The Morgan fingerprint density at radius 1 is 1.05 bits per heavy atom. The number of hydrogen-bond acceptors (Lipinski definition) is 6. The van der Waals surface area contributed by atoms with E-state index in [0.29, 0.717) is 49.0 Å². The van der Waals surface area contributed by atoms with E-state index < -0.39 is 5.91 Å². The van der Waals surface area contributed by atoms with E-state index in [0.717, 1.165) is 19.3 Å². The van der Waals surface area contributed by atoms with Gasteiger partial charge in [0.25, 0.3) is 17.7 Å². The molecule has 0 spiro atoms. The van der Waals surface area contributed by atoms with E-state index in [-0.39, 0.29) is 29.9 Å². The van der Waals surface area contributed by atoms with Crippen LogP contribution < -0.4 is 15.8 Å². The largest absolute Gasteiger partial charge is 0.484 e. The molecule has 0 atom stereocenters. The fraction of sp³-hybridized carbons (Fsp3) is 0.357. The Morgan fingerprint density at radius 3 is 2.42 bits per heavy atom. The van der Waals surface area contributed by atoms with Crippen molar-refractivity contribution in [3.63, 3.8) is 0 Å². The van der Waals surface area contributed by atoms with Gasteiger partial charge < -0.3 is 30.4 Å². The minimum atomic E-state index is -0.768. The summed E-state index contributed by atoms with van der Waals surface area (Å²) in [5.41, 5.74) is 7.73. The second-order valence-corrected chi connectivity index (χ2v) is 9.09. The Bertz CT molecular complexity index is 1250. The van der Waals surface area contributed by atoms with Crippen molar-refractivity contribution in [2.45, 2.75) is 32.6 Å². The maximum atomic E-state index is 12.8. The van der Waals surface area contributed by atoms with Gasteiger partial charge in [-0.1, -0.05) is 31.9 Å². The van der Waals surface area contributed by atoms with Crippen molar-refractivity contribution < 1.29 is 23.9 Å². The van der Waals surface area contributed by atoms with Crippen LogP contribution in [0.2, 0.25) is 0 Å². The molecular formula is C28H33N5O5. The molecule has 0 aliphatic carbocycles. The van der Waals surface area contributed by atoms with Gasteiger partial charge >= 0.3 is 0 Å². The molecular weight excluding hydrogens is 486 g/mol. The molecule has 4 rings (SSSR count). The first kappa shape index (κ1) is 26.9. The van der Waals surface area contributed by atoms with Gasteiger partial charge in [-0.15, -0.1) is 0 Å². The van der Waals surface area contributed by atoms with Crippen molar-refractivity contribution in [3.8, 4) is 17.1 Å². The molecule has 0 saturated carbocycles. The van der Waals surface area contributed by atoms with E-state index in [4.69, 9.17) is 15.2 Å². The highest BCUT2D eigenvalue weighted by molar-refractivity contribution is 6.07. The van der Waals surface area contributed by atoms with Crippen molar-refractivity contribution in [3.05, 3.63) is 65.4 Å². The third-order valence-electron chi connectivity index (χ3n) is 6.31. The minimum absolute atomic E-state index is 0.0676. The van der Waals surface area contributed by atoms with E-state index in [9.17, 15) is 14.4 Å². The van der Waals surface area contributed by atoms with Gasteiger partial charge in [-0.2, -0.15) is 0 Å². The smallest absolute Gasteiger partial charge is 0.271 e. The first-order valence-electron chi connectivity index (χ1n) is 12.8. The summed E-state index contributed by atoms with van der Waals surface area (Å²) in [5.74, 6) is -0.242. The molecule has 0 bridgehead atoms. The molecule has 3 aromatic rings. The summed E-state index contributed by atoms with van der Waals surface area (Å²) in [5, 5.41) is 2.71. The van der Waals surface area contributed by atoms with Gasteiger partial charge in [0.2, 0.25) is 0 Å². The van der Waals surface area contributed by atoms with Crippen LogP contribution >= 0.6 is 0 Å². The number of primary amides is 1. The number of carbonyl (C=O) groups excluding carboxylic acids is 3. The number of aryl methyl sites for hydroxylation is 1. The number of anilines is 1. The number of morpholine rings is 1. The number of benzene rings is 2. The van der Waals surface area contributed by atoms with Crippen LogP contribution in [0.3, 0.4) is 0 Å². The second kappa shape index (κ2) is 12.9. The number of ether oxygens (including phenoxy) is 2. The van der Waals surface area contributed by atoms with Crippen LogP contribution in [-0.4, -0.2) is 65.5 Å². The Kier molecular flexibility index (Phi) is 9.10. The molecule has 10 heteroatoms. The van der Waals surface area contributed by atoms with Crippen LogP contribution in [0.15, 0.2) is 48.5 Å². The molecule has 10 nitrogen and oxygen atoms in total. The second-order valence-electron chi connectivity index (χ2n) is 9.09. The minimum Gasteiger partial charge on any atom is -0.484 e. The Hall–Kier alpha value is -4.18. The quantitative estimate of drug-likeness (QED) is 0.332. The lowest BCUT2D eigenvalue weighted by molar-refractivity contribution is -0.137. The average molecular weight is 520 g/mol. The average Bonchev–Trinajstić information content (AvgIpc) is 3.37. The topological polar surface area (TPSA) is 140 Å². The van der Waals surface area contributed by atoms with Crippen LogP contribution in [0.4, 0.5) is 5.82 Å². The lowest BCUT2D eigenvalue weighted by Crippen LogP contribution is -2.42. The summed E-state index contributed by atoms with van der Waals surface area (Å²) in [7, 11) is 0. The van der Waals surface area contributed by atoms with E-state index in [1.165, 1.54) is 12.0 Å². The number of imidazole rings is 1. The van der Waals surface area contributed by atoms with E-state index in [2.05, 4.69) is 22.2 Å². The summed E-state index contributed by atoms with van der Waals surface area (Å²) in [4.78, 5) is 46.1. The van der Waals surface area contributed by atoms with Crippen molar-refractivity contribution in [1.29, 1.82) is 0 Å². The fourth-order valence-electron chi connectivity index (χ4n) is 4.12. The number of unbranched alkanes of at least 4 members (excludes halogenated alkanes) is 2. The number of aromatic amines is 1. The summed E-state index contributed by atoms with van der Waals surface area (Å²) in [6.45, 7) is 4.28. The summed E-state index contributed by atoms with van der Waals surface area (Å²) in [6, 6.07) is 14.3. The van der Waals surface area contributed by atoms with Gasteiger partial charge in [-0.25, -0.2) is 4.98 Å². The first-order valence-corrected chi connectivity index (χ1v) is 12.8. The SMILES string of the molecule is CCCCCc1ccc(C(=O)Nc2[nH]c(-c3ccc(OCC(=O)N4CCOCC4)cc3)nc2C(N)=O)cc1. The molecule has 3 amide bonds. The van der Waals surface area contributed by atoms with Crippen molar-refractivity contribution in [2.24, 2.45) is 5.73 Å². The number of rotatable bonds is 11. The van der Waals surface area contributed by atoms with Gasteiger partial charge in [0, 0.05) is 24.2 Å². The summed E-state index contributed by atoms with van der Waals surface area (Å²) < 4.78 is 10.9. The zero-order valence-electron chi connectivity index (χ0n) is 21.5. The molecule has 0 radical (unpaired) electrons. The molecule has 0 unspecified atom stereocenters. The van der Waals surface area contributed by atoms with Gasteiger partial charge in [-0.05, 0) is 54.8 Å². The van der Waals surface area contributed by atoms with Gasteiger partial charge in [0.05, 0.1) is 13.2 Å². The van der Waals surface area contributed by atoms with Gasteiger partial charge in [-0.3, -0.25) is 14.4 Å². The highest BCUT2D eigenvalue weighted by Crippen LogP contribution is 2.24. The van der Waals surface area contributed by atoms with E-state index >= 15 is 0 Å². The van der Waals surface area contributed by atoms with Crippen LogP contribution in [-0.2, 0) is 16.0 Å². The van der Waals surface area contributed by atoms with E-state index in [1.54, 1.807) is 41.3 Å². The Labute approximate surface area is 221 Å². The number of aromatic nitrogens is 2. The number of nitrogens with one attached hydrogen (secondary N) is 2. The maximum Gasteiger partial charge on any atom is 0.271 e. The van der Waals surface area contributed by atoms with Crippen molar-refractivity contribution >= 4 is 23.5 Å². The molecule has 2 heterocycles. The van der Waals surface area contributed by atoms with Crippen LogP contribution in [0.1, 0.15) is 52.6 Å². The standard InChI is InChI=1S/C28H33N5O5/c1-2-3-4-5-19-6-8-21(9-7-19)28(36)32-27-24(25(29)35)30-26(31-27)20-10-12-22(13-11-20)38-18-23(34)33-14-16-37-17-15-33/h6-13H,2-5,14-18H2,1H3,(H2,29,35)(H,30,31)(H,32,36). The third-order valence-corrected chi connectivity index (χ3v) is 6.31. The first-order chi connectivity index (χ1) is 18.4. The van der Waals surface area contributed by atoms with Crippen molar-refractivity contribution in [1.82, 2.24) is 14.9 Å². The molecule has 1 aliphatic rings. The number of nitrogens with zero attached hydrogens (tertiary/aromatic N) is 2. The van der Waals surface area contributed by atoms with Crippen LogP contribution in [0, 0.1) is 0 Å². The third kappa shape index (κ3) is 6.98. The number of hydrogen-bond donors (Lipinski definition) is 3. The van der Waals surface area contributed by atoms with E-state index in [1.807, 2.05) is 12.1 Å². The monoisotopic (exact) mass is 519 g/mol. The molecule has 4 N–H and O–H groups in total. The molecule has 2 aromatic carbocycles. The number of amides is 3. The molecule has 200 valence electrons. The predicted octanol–water partition coefficient (Wildman–Crippen LogP) is 3.40. The fourth-order valence-corrected chi connectivity index (χ4v) is 4.12. The van der Waals surface area contributed by atoms with Crippen molar-refractivity contribution in [2.75, 3.05) is 38.2 Å². The molecule has 38 heavy (non-hydrogen) atoms. The van der Waals surface area contributed by atoms with Crippen LogP contribution in [0.5, 0.6) is 5.75 Å². The molecule has 1 aliphatic heterocycles. The summed E-state index contributed by atoms with van der Waals surface area (Å²) in [6.07, 6.45) is 4.41. The summed E-state index contributed by atoms with van der Waals surface area (Å²) >= 11 is 0. The van der Waals surface area contributed by atoms with Crippen LogP contribution in [0.25, 0.3) is 11.4 Å². The molecule has 1 fully saturated rings. The van der Waals surface area contributed by atoms with Gasteiger partial charge in [0.1, 0.15) is 17.4 Å². The number of nitrogens with two attached hydrogens (primary N) is 1. The number of H-pyrrole nitrogens is 1. The number of carbonyl (C=O) groups is 3.